The van der Waals surface area contributed by atoms with Gasteiger partial charge >= 0.3 is 0 Å². The maximum atomic E-state index is 10.8. The van der Waals surface area contributed by atoms with E-state index in [1.807, 2.05) is 0 Å². The minimum Gasteiger partial charge on any atom is -0.351 e. The van der Waals surface area contributed by atoms with E-state index in [1.54, 1.807) is 6.92 Å². The first-order valence-corrected chi connectivity index (χ1v) is 4.12. The van der Waals surface area contributed by atoms with Gasteiger partial charge in [0.1, 0.15) is 0 Å². The SMILES string of the molecule is CC(=O)NC1(C)CCNCC1.Cl.Cl. The summed E-state index contributed by atoms with van der Waals surface area (Å²) in [6.45, 7) is 5.70. The Morgan fingerprint density at radius 1 is 1.31 bits per heavy atom. The Balaban J connectivity index is 0. The highest BCUT2D eigenvalue weighted by molar-refractivity contribution is 5.85. The standard InChI is InChI=1S/C8H16N2O.2ClH/c1-7(11)10-8(2)3-5-9-6-4-8;;/h9H,3-6H2,1-2H3,(H,10,11);2*1H. The summed E-state index contributed by atoms with van der Waals surface area (Å²) in [6.07, 6.45) is 2.07. The van der Waals surface area contributed by atoms with E-state index in [1.165, 1.54) is 0 Å². The Bertz CT molecular complexity index is 158. The predicted molar refractivity (Wildman–Crippen MR) is 58.8 cm³/mol. The van der Waals surface area contributed by atoms with Gasteiger partial charge in [0.15, 0.2) is 0 Å². The van der Waals surface area contributed by atoms with E-state index in [2.05, 4.69) is 17.6 Å². The minimum atomic E-state index is 0. The summed E-state index contributed by atoms with van der Waals surface area (Å²) in [5.41, 5.74) is 0.0388. The largest absolute Gasteiger partial charge is 0.351 e. The molecule has 1 rings (SSSR count). The first kappa shape index (κ1) is 15.5. The first-order valence-electron chi connectivity index (χ1n) is 4.12. The number of carbonyl (C=O) groups excluding carboxylic acids is 1. The van der Waals surface area contributed by atoms with Crippen molar-refractivity contribution in [2.45, 2.75) is 32.2 Å². The highest BCUT2D eigenvalue weighted by Crippen LogP contribution is 2.16. The second-order valence-corrected chi connectivity index (χ2v) is 3.49. The summed E-state index contributed by atoms with van der Waals surface area (Å²) in [4.78, 5) is 10.8. The Kier molecular flexibility index (Phi) is 7.69. The smallest absolute Gasteiger partial charge is 0.217 e. The number of piperidine rings is 1. The third kappa shape index (κ3) is 5.34. The van der Waals surface area contributed by atoms with Crippen LogP contribution in [0, 0.1) is 0 Å². The summed E-state index contributed by atoms with van der Waals surface area (Å²) in [7, 11) is 0. The van der Waals surface area contributed by atoms with Gasteiger partial charge in [-0.1, -0.05) is 0 Å². The molecule has 1 heterocycles. The molecule has 3 nitrogen and oxygen atoms in total. The zero-order valence-corrected chi connectivity index (χ0v) is 9.69. The summed E-state index contributed by atoms with van der Waals surface area (Å²) in [5.74, 6) is 0.0781. The topological polar surface area (TPSA) is 41.1 Å². The highest BCUT2D eigenvalue weighted by Gasteiger charge is 2.26. The molecular weight excluding hydrogens is 211 g/mol. The van der Waals surface area contributed by atoms with E-state index in [0.29, 0.717) is 0 Å². The molecule has 0 saturated carbocycles. The predicted octanol–water partition coefficient (Wildman–Crippen LogP) is 1.11. The van der Waals surface area contributed by atoms with Gasteiger partial charge in [0.05, 0.1) is 0 Å². The van der Waals surface area contributed by atoms with Gasteiger partial charge in [-0.3, -0.25) is 4.79 Å². The molecule has 13 heavy (non-hydrogen) atoms. The lowest BCUT2D eigenvalue weighted by atomic mass is 9.91. The number of carbonyl (C=O) groups is 1. The van der Waals surface area contributed by atoms with E-state index >= 15 is 0 Å². The Morgan fingerprint density at radius 3 is 2.15 bits per heavy atom. The average molecular weight is 229 g/mol. The second kappa shape index (κ2) is 6.46. The molecule has 80 valence electrons. The molecule has 0 aliphatic carbocycles. The van der Waals surface area contributed by atoms with Crippen LogP contribution in [0.3, 0.4) is 0 Å². The van der Waals surface area contributed by atoms with Crippen LogP contribution in [-0.4, -0.2) is 24.5 Å². The minimum absolute atomic E-state index is 0. The van der Waals surface area contributed by atoms with Crippen LogP contribution in [0.2, 0.25) is 0 Å². The molecule has 0 aromatic rings. The van der Waals surface area contributed by atoms with Crippen molar-refractivity contribution >= 4 is 30.7 Å². The van der Waals surface area contributed by atoms with E-state index < -0.39 is 0 Å². The van der Waals surface area contributed by atoms with Gasteiger partial charge in [-0.15, -0.1) is 24.8 Å². The lowest BCUT2D eigenvalue weighted by molar-refractivity contribution is -0.121. The fraction of sp³-hybridized carbons (Fsp3) is 0.875. The van der Waals surface area contributed by atoms with Crippen molar-refractivity contribution in [3.63, 3.8) is 0 Å². The molecule has 0 bridgehead atoms. The molecule has 0 radical (unpaired) electrons. The van der Waals surface area contributed by atoms with Crippen molar-refractivity contribution in [1.82, 2.24) is 10.6 Å². The van der Waals surface area contributed by atoms with Crippen LogP contribution < -0.4 is 10.6 Å². The van der Waals surface area contributed by atoms with Crippen molar-refractivity contribution in [2.24, 2.45) is 0 Å². The maximum absolute atomic E-state index is 10.8. The van der Waals surface area contributed by atoms with Crippen molar-refractivity contribution < 1.29 is 4.79 Å². The summed E-state index contributed by atoms with van der Waals surface area (Å²) in [5, 5.41) is 6.24. The molecule has 0 spiro atoms. The lowest BCUT2D eigenvalue weighted by Gasteiger charge is -2.34. The average Bonchev–Trinajstić information content (AvgIpc) is 1.85. The monoisotopic (exact) mass is 228 g/mol. The zero-order chi connectivity index (χ0) is 8.32. The Morgan fingerprint density at radius 2 is 1.77 bits per heavy atom. The number of amides is 1. The van der Waals surface area contributed by atoms with Crippen LogP contribution in [-0.2, 0) is 4.79 Å². The number of nitrogens with one attached hydrogen (secondary N) is 2. The third-order valence-corrected chi connectivity index (χ3v) is 2.18. The molecule has 0 aromatic carbocycles. The van der Waals surface area contributed by atoms with Gasteiger partial charge in [0.2, 0.25) is 5.91 Å². The molecule has 1 saturated heterocycles. The van der Waals surface area contributed by atoms with E-state index in [-0.39, 0.29) is 36.3 Å². The molecule has 0 unspecified atom stereocenters. The van der Waals surface area contributed by atoms with Crippen LogP contribution in [0.5, 0.6) is 0 Å². The van der Waals surface area contributed by atoms with E-state index in [4.69, 9.17) is 0 Å². The van der Waals surface area contributed by atoms with Crippen LogP contribution in [0.1, 0.15) is 26.7 Å². The van der Waals surface area contributed by atoms with Crippen LogP contribution >= 0.6 is 24.8 Å². The fourth-order valence-electron chi connectivity index (χ4n) is 1.53. The van der Waals surface area contributed by atoms with Gasteiger partial charge < -0.3 is 10.6 Å². The summed E-state index contributed by atoms with van der Waals surface area (Å²) < 4.78 is 0. The Labute approximate surface area is 91.9 Å². The number of halogens is 2. The normalized spacial score (nSPS) is 19.2. The van der Waals surface area contributed by atoms with E-state index in [0.717, 1.165) is 25.9 Å². The molecule has 1 aliphatic heterocycles. The molecule has 5 heteroatoms. The fourth-order valence-corrected chi connectivity index (χ4v) is 1.53. The maximum Gasteiger partial charge on any atom is 0.217 e. The molecule has 1 aliphatic rings. The summed E-state index contributed by atoms with van der Waals surface area (Å²) in [6, 6.07) is 0. The van der Waals surface area contributed by atoms with Gasteiger partial charge in [-0.25, -0.2) is 0 Å². The van der Waals surface area contributed by atoms with Gasteiger partial charge in [-0.2, -0.15) is 0 Å². The molecule has 0 aromatic heterocycles. The van der Waals surface area contributed by atoms with Crippen molar-refractivity contribution in [3.05, 3.63) is 0 Å². The Hall–Kier alpha value is 0.01000. The number of rotatable bonds is 1. The number of hydrogen-bond donors (Lipinski definition) is 2. The number of hydrogen-bond acceptors (Lipinski definition) is 2. The van der Waals surface area contributed by atoms with Crippen molar-refractivity contribution in [1.29, 1.82) is 0 Å². The van der Waals surface area contributed by atoms with E-state index in [9.17, 15) is 4.79 Å². The van der Waals surface area contributed by atoms with Crippen molar-refractivity contribution in [2.75, 3.05) is 13.1 Å². The van der Waals surface area contributed by atoms with Crippen LogP contribution in [0.25, 0.3) is 0 Å². The van der Waals surface area contributed by atoms with Gasteiger partial charge in [0, 0.05) is 12.5 Å². The van der Waals surface area contributed by atoms with Crippen LogP contribution in [0.4, 0.5) is 0 Å². The van der Waals surface area contributed by atoms with Crippen molar-refractivity contribution in [3.8, 4) is 0 Å². The van der Waals surface area contributed by atoms with Gasteiger partial charge in [0.25, 0.3) is 0 Å². The lowest BCUT2D eigenvalue weighted by Crippen LogP contribution is -2.51. The first-order chi connectivity index (χ1) is 5.12. The molecule has 1 amide bonds. The molecular formula is C8H18Cl2N2O. The quantitative estimate of drug-likeness (QED) is 0.707. The summed E-state index contributed by atoms with van der Waals surface area (Å²) >= 11 is 0. The van der Waals surface area contributed by atoms with Gasteiger partial charge in [-0.05, 0) is 32.9 Å². The highest BCUT2D eigenvalue weighted by atomic mass is 35.5. The molecule has 2 N–H and O–H groups in total. The third-order valence-electron chi connectivity index (χ3n) is 2.18. The molecule has 0 atom stereocenters. The van der Waals surface area contributed by atoms with Crippen LogP contribution in [0.15, 0.2) is 0 Å². The second-order valence-electron chi connectivity index (χ2n) is 3.49. The zero-order valence-electron chi connectivity index (χ0n) is 8.05. The molecule has 1 fully saturated rings.